The van der Waals surface area contributed by atoms with Crippen LogP contribution in [0.2, 0.25) is 0 Å². The first-order valence-corrected chi connectivity index (χ1v) is 10.2. The van der Waals surface area contributed by atoms with E-state index in [0.29, 0.717) is 31.5 Å². The molecule has 0 bridgehead atoms. The predicted octanol–water partition coefficient (Wildman–Crippen LogP) is 3.91. The van der Waals surface area contributed by atoms with Crippen molar-refractivity contribution in [1.29, 1.82) is 0 Å². The molecule has 0 saturated carbocycles. The summed E-state index contributed by atoms with van der Waals surface area (Å²) in [5.74, 6) is 0.698. The zero-order chi connectivity index (χ0) is 19.2. The molecule has 6 heteroatoms. The monoisotopic (exact) mass is 384 g/mol. The van der Waals surface area contributed by atoms with Crippen molar-refractivity contribution in [2.75, 3.05) is 31.8 Å². The number of hydrogen-bond donors (Lipinski definition) is 1. The van der Waals surface area contributed by atoms with Crippen molar-refractivity contribution in [2.24, 2.45) is 5.92 Å². The van der Waals surface area contributed by atoms with Crippen LogP contribution >= 0.6 is 11.8 Å². The lowest BCUT2D eigenvalue weighted by Gasteiger charge is -2.31. The number of thioether (sulfide) groups is 1. The number of hydrogen-bond acceptors (Lipinski definition) is 4. The number of ether oxygens (including phenoxy) is 1. The molecule has 1 aliphatic heterocycles. The summed E-state index contributed by atoms with van der Waals surface area (Å²) in [6.07, 6.45) is 3.36. The van der Waals surface area contributed by atoms with E-state index in [1.54, 1.807) is 43.1 Å². The maximum atomic E-state index is 12.6. The van der Waals surface area contributed by atoms with E-state index in [0.717, 1.165) is 16.3 Å². The van der Waals surface area contributed by atoms with Crippen LogP contribution in [0.3, 0.4) is 0 Å². The Morgan fingerprint density at radius 2 is 1.81 bits per heavy atom. The molecule has 1 aliphatic rings. The summed E-state index contributed by atoms with van der Waals surface area (Å²) in [6.45, 7) is 1.18. The van der Waals surface area contributed by atoms with E-state index in [9.17, 15) is 9.59 Å². The van der Waals surface area contributed by atoms with E-state index in [2.05, 4.69) is 5.32 Å². The maximum absolute atomic E-state index is 12.6. The summed E-state index contributed by atoms with van der Waals surface area (Å²) in [6, 6.07) is 15.0. The minimum Gasteiger partial charge on any atom is -0.497 e. The summed E-state index contributed by atoms with van der Waals surface area (Å²) in [5.41, 5.74) is 1.47. The number of amides is 2. The smallest absolute Gasteiger partial charge is 0.253 e. The molecule has 2 aromatic rings. The van der Waals surface area contributed by atoms with Crippen LogP contribution < -0.4 is 10.1 Å². The van der Waals surface area contributed by atoms with Gasteiger partial charge in [0.25, 0.3) is 5.91 Å². The van der Waals surface area contributed by atoms with Gasteiger partial charge in [-0.2, -0.15) is 0 Å². The highest BCUT2D eigenvalue weighted by Crippen LogP contribution is 2.23. The van der Waals surface area contributed by atoms with Crippen molar-refractivity contribution in [1.82, 2.24) is 4.90 Å². The van der Waals surface area contributed by atoms with Crippen LogP contribution in [0.25, 0.3) is 0 Å². The molecule has 1 N–H and O–H groups in total. The molecule has 2 amide bonds. The molecule has 1 heterocycles. The van der Waals surface area contributed by atoms with E-state index in [-0.39, 0.29) is 17.7 Å². The van der Waals surface area contributed by atoms with Crippen LogP contribution in [0.1, 0.15) is 23.2 Å². The third-order valence-electron chi connectivity index (χ3n) is 4.83. The van der Waals surface area contributed by atoms with Crippen molar-refractivity contribution in [3.8, 4) is 5.75 Å². The lowest BCUT2D eigenvalue weighted by molar-refractivity contribution is -0.121. The molecule has 0 aromatic heterocycles. The second-order valence-corrected chi connectivity index (χ2v) is 7.40. The van der Waals surface area contributed by atoms with Crippen molar-refractivity contribution >= 4 is 29.3 Å². The van der Waals surface area contributed by atoms with Gasteiger partial charge in [-0.15, -0.1) is 11.8 Å². The minimum absolute atomic E-state index is 0.00387. The van der Waals surface area contributed by atoms with Gasteiger partial charge in [0.2, 0.25) is 5.91 Å². The molecule has 27 heavy (non-hydrogen) atoms. The molecule has 0 atom stereocenters. The molecule has 3 rings (SSSR count). The highest BCUT2D eigenvalue weighted by molar-refractivity contribution is 7.98. The number of carbonyl (C=O) groups excluding carboxylic acids is 2. The molecule has 0 aliphatic carbocycles. The predicted molar refractivity (Wildman–Crippen MR) is 108 cm³/mol. The van der Waals surface area contributed by atoms with Crippen molar-refractivity contribution < 1.29 is 14.3 Å². The Hall–Kier alpha value is -2.47. The van der Waals surface area contributed by atoms with Crippen LogP contribution in [0.5, 0.6) is 5.75 Å². The van der Waals surface area contributed by atoms with Crippen LogP contribution in [-0.4, -0.2) is 43.2 Å². The summed E-state index contributed by atoms with van der Waals surface area (Å²) in [4.78, 5) is 28.1. The van der Waals surface area contributed by atoms with Crippen molar-refractivity contribution in [3.63, 3.8) is 0 Å². The minimum atomic E-state index is -0.0668. The summed E-state index contributed by atoms with van der Waals surface area (Å²) < 4.78 is 5.13. The molecule has 2 aromatic carbocycles. The zero-order valence-corrected chi connectivity index (χ0v) is 16.4. The Balaban J connectivity index is 1.54. The van der Waals surface area contributed by atoms with Gasteiger partial charge in [0.1, 0.15) is 5.75 Å². The number of nitrogens with one attached hydrogen (secondary N) is 1. The van der Waals surface area contributed by atoms with Gasteiger partial charge < -0.3 is 15.0 Å². The molecular weight excluding hydrogens is 360 g/mol. The molecule has 1 saturated heterocycles. The Kier molecular flexibility index (Phi) is 6.40. The number of anilines is 1. The van der Waals surface area contributed by atoms with Crippen LogP contribution in [0, 0.1) is 5.92 Å². The number of methoxy groups -OCH3 is 1. The van der Waals surface area contributed by atoms with Crippen LogP contribution in [0.15, 0.2) is 53.4 Å². The number of rotatable bonds is 5. The Morgan fingerprint density at radius 3 is 2.44 bits per heavy atom. The average molecular weight is 385 g/mol. The van der Waals surface area contributed by atoms with Gasteiger partial charge >= 0.3 is 0 Å². The fourth-order valence-electron chi connectivity index (χ4n) is 3.21. The van der Waals surface area contributed by atoms with Gasteiger partial charge in [-0.25, -0.2) is 0 Å². The van der Waals surface area contributed by atoms with Crippen LogP contribution in [-0.2, 0) is 4.79 Å². The number of likely N-dealkylation sites (tertiary alicyclic amines) is 1. The summed E-state index contributed by atoms with van der Waals surface area (Å²) in [7, 11) is 1.60. The largest absolute Gasteiger partial charge is 0.497 e. The first-order valence-electron chi connectivity index (χ1n) is 8.99. The van der Waals surface area contributed by atoms with E-state index in [1.165, 1.54) is 0 Å². The Morgan fingerprint density at radius 1 is 1.11 bits per heavy atom. The van der Waals surface area contributed by atoms with Gasteiger partial charge in [-0.05, 0) is 61.6 Å². The fourth-order valence-corrected chi connectivity index (χ4v) is 3.67. The number of carbonyl (C=O) groups is 2. The highest BCUT2D eigenvalue weighted by atomic mass is 32.2. The maximum Gasteiger partial charge on any atom is 0.253 e. The van der Waals surface area contributed by atoms with E-state index in [1.807, 2.05) is 35.4 Å². The Bertz CT molecular complexity index is 799. The second kappa shape index (κ2) is 8.95. The highest BCUT2D eigenvalue weighted by Gasteiger charge is 2.28. The van der Waals surface area contributed by atoms with E-state index >= 15 is 0 Å². The quantitative estimate of drug-likeness (QED) is 0.794. The molecule has 0 unspecified atom stereocenters. The fraction of sp³-hybridized carbons (Fsp3) is 0.333. The third kappa shape index (κ3) is 4.83. The molecule has 5 nitrogen and oxygen atoms in total. The molecule has 0 spiro atoms. The standard InChI is InChI=1S/C21H24N2O3S/c1-26-18-8-6-16(7-9-18)21(25)23-12-10-15(11-13-23)20(24)22-17-4-3-5-19(14-17)27-2/h3-9,14-15H,10-13H2,1-2H3,(H,22,24). The van der Waals surface area contributed by atoms with Gasteiger partial charge in [0.05, 0.1) is 7.11 Å². The molecule has 0 radical (unpaired) electrons. The first kappa shape index (κ1) is 19.3. The Labute approximate surface area is 164 Å². The van der Waals surface area contributed by atoms with Gasteiger partial charge in [-0.3, -0.25) is 9.59 Å². The summed E-state index contributed by atoms with van der Waals surface area (Å²) >= 11 is 1.65. The van der Waals surface area contributed by atoms with Crippen molar-refractivity contribution in [3.05, 3.63) is 54.1 Å². The van der Waals surface area contributed by atoms with E-state index in [4.69, 9.17) is 4.74 Å². The van der Waals surface area contributed by atoms with Gasteiger partial charge in [0, 0.05) is 35.2 Å². The molecular formula is C21H24N2O3S. The first-order chi connectivity index (χ1) is 13.1. The van der Waals surface area contributed by atoms with Crippen LogP contribution in [0.4, 0.5) is 5.69 Å². The van der Waals surface area contributed by atoms with E-state index < -0.39 is 0 Å². The number of nitrogens with zero attached hydrogens (tertiary/aromatic N) is 1. The second-order valence-electron chi connectivity index (χ2n) is 6.52. The van der Waals surface area contributed by atoms with Crippen molar-refractivity contribution in [2.45, 2.75) is 17.7 Å². The third-order valence-corrected chi connectivity index (χ3v) is 5.55. The van der Waals surface area contributed by atoms with Gasteiger partial charge in [-0.1, -0.05) is 6.07 Å². The zero-order valence-electron chi connectivity index (χ0n) is 15.6. The number of piperidine rings is 1. The number of benzene rings is 2. The van der Waals surface area contributed by atoms with Gasteiger partial charge in [0.15, 0.2) is 0 Å². The topological polar surface area (TPSA) is 58.6 Å². The lowest BCUT2D eigenvalue weighted by Crippen LogP contribution is -2.41. The molecule has 142 valence electrons. The normalized spacial score (nSPS) is 14.7. The SMILES string of the molecule is COc1ccc(C(=O)N2CCC(C(=O)Nc3cccc(SC)c3)CC2)cc1. The summed E-state index contributed by atoms with van der Waals surface area (Å²) in [5, 5.41) is 3.01. The molecule has 1 fully saturated rings. The lowest BCUT2D eigenvalue weighted by atomic mass is 9.95. The average Bonchev–Trinajstić information content (AvgIpc) is 2.73.